The predicted molar refractivity (Wildman–Crippen MR) is 134 cm³/mol. The van der Waals surface area contributed by atoms with Gasteiger partial charge < -0.3 is 0 Å². The van der Waals surface area contributed by atoms with Gasteiger partial charge in [-0.2, -0.15) is 0 Å². The summed E-state index contributed by atoms with van der Waals surface area (Å²) in [5.41, 5.74) is 3.65. The lowest BCUT2D eigenvalue weighted by Crippen LogP contribution is -2.47. The minimum absolute atomic E-state index is 0.202. The molecule has 5 heteroatoms. The first-order chi connectivity index (χ1) is 16.7. The van der Waals surface area contributed by atoms with E-state index in [2.05, 4.69) is 76.5 Å². The number of amides is 2. The largest absolute Gasteiger partial charge is 0.297 e. The fraction of sp³-hybridized carbons (Fsp3) is 0.241. The van der Waals surface area contributed by atoms with Gasteiger partial charge in [0.05, 0.1) is 17.2 Å². The summed E-state index contributed by atoms with van der Waals surface area (Å²) in [5, 5.41) is 0. The molecule has 2 amide bonds. The van der Waals surface area contributed by atoms with Gasteiger partial charge in [0.25, 0.3) is 11.8 Å². The fourth-order valence-electron chi connectivity index (χ4n) is 4.90. The van der Waals surface area contributed by atoms with Crippen molar-refractivity contribution in [3.05, 3.63) is 119 Å². The molecule has 3 aromatic carbocycles. The Balaban J connectivity index is 1.16. The van der Waals surface area contributed by atoms with E-state index in [1.807, 2.05) is 6.08 Å². The molecule has 0 spiro atoms. The van der Waals surface area contributed by atoms with Crippen LogP contribution in [-0.2, 0) is 0 Å². The number of hydrogen-bond acceptors (Lipinski definition) is 4. The van der Waals surface area contributed by atoms with Crippen LogP contribution in [0.2, 0.25) is 0 Å². The summed E-state index contributed by atoms with van der Waals surface area (Å²) in [6, 6.07) is 28.7. The van der Waals surface area contributed by atoms with Gasteiger partial charge in [-0.25, -0.2) is 0 Å². The van der Waals surface area contributed by atoms with Crippen LogP contribution in [0.1, 0.15) is 37.9 Å². The van der Waals surface area contributed by atoms with Gasteiger partial charge in [0.2, 0.25) is 0 Å². The van der Waals surface area contributed by atoms with E-state index in [4.69, 9.17) is 0 Å². The Morgan fingerprint density at radius 3 is 1.62 bits per heavy atom. The van der Waals surface area contributed by atoms with Gasteiger partial charge in [0.1, 0.15) is 0 Å². The van der Waals surface area contributed by atoms with Crippen LogP contribution in [0, 0.1) is 0 Å². The van der Waals surface area contributed by atoms with Crippen LogP contribution in [0.25, 0.3) is 0 Å². The molecule has 0 radical (unpaired) electrons. The van der Waals surface area contributed by atoms with E-state index in [0.29, 0.717) is 17.7 Å². The van der Waals surface area contributed by atoms with E-state index in [-0.39, 0.29) is 17.9 Å². The molecule has 172 valence electrons. The average molecular weight is 452 g/mol. The van der Waals surface area contributed by atoms with Gasteiger partial charge in [-0.1, -0.05) is 84.9 Å². The molecule has 0 saturated carbocycles. The summed E-state index contributed by atoms with van der Waals surface area (Å²) in [7, 11) is 0. The summed E-state index contributed by atoms with van der Waals surface area (Å²) in [6.45, 7) is 5.07. The number of benzene rings is 3. The lowest BCUT2D eigenvalue weighted by molar-refractivity contribution is 0.0671. The van der Waals surface area contributed by atoms with Gasteiger partial charge in [-0.15, -0.1) is 0 Å². The van der Waals surface area contributed by atoms with Crippen LogP contribution in [-0.4, -0.2) is 65.8 Å². The normalized spacial score (nSPS) is 17.1. The number of rotatable bonds is 7. The molecule has 34 heavy (non-hydrogen) atoms. The van der Waals surface area contributed by atoms with Crippen molar-refractivity contribution in [3.8, 4) is 0 Å². The van der Waals surface area contributed by atoms with Crippen molar-refractivity contribution in [1.29, 1.82) is 0 Å². The molecule has 2 heterocycles. The molecule has 0 N–H and O–H groups in total. The smallest absolute Gasteiger partial charge is 0.261 e. The second kappa shape index (κ2) is 10.2. The van der Waals surface area contributed by atoms with E-state index in [9.17, 15) is 9.59 Å². The fourth-order valence-corrected chi connectivity index (χ4v) is 4.90. The molecule has 2 aliphatic heterocycles. The van der Waals surface area contributed by atoms with Crippen molar-refractivity contribution in [1.82, 2.24) is 14.7 Å². The molecule has 0 aliphatic carbocycles. The molecule has 3 aromatic rings. The first-order valence-corrected chi connectivity index (χ1v) is 11.9. The Hall–Kier alpha value is -3.54. The zero-order valence-corrected chi connectivity index (χ0v) is 19.2. The second-order valence-electron chi connectivity index (χ2n) is 8.80. The highest BCUT2D eigenvalue weighted by atomic mass is 16.2. The minimum atomic E-state index is -0.202. The molecule has 1 saturated heterocycles. The molecule has 1 fully saturated rings. The van der Waals surface area contributed by atoms with Crippen molar-refractivity contribution in [2.75, 3.05) is 39.3 Å². The van der Waals surface area contributed by atoms with Gasteiger partial charge in [0.15, 0.2) is 0 Å². The predicted octanol–water partition coefficient (Wildman–Crippen LogP) is 4.25. The maximum atomic E-state index is 12.5. The van der Waals surface area contributed by atoms with Crippen molar-refractivity contribution in [2.45, 2.75) is 6.04 Å². The van der Waals surface area contributed by atoms with E-state index in [0.717, 1.165) is 32.7 Å². The van der Waals surface area contributed by atoms with Crippen LogP contribution in [0.3, 0.4) is 0 Å². The maximum absolute atomic E-state index is 12.5. The van der Waals surface area contributed by atoms with E-state index >= 15 is 0 Å². The van der Waals surface area contributed by atoms with Gasteiger partial charge in [0, 0.05) is 39.3 Å². The SMILES string of the molecule is O=C1c2ccccc2C(=O)N1CC=CCN1CCN(C(c2ccccc2)c2ccccc2)CC1. The number of nitrogens with zero attached hydrogens (tertiary/aromatic N) is 3. The summed E-state index contributed by atoms with van der Waals surface area (Å²) >= 11 is 0. The van der Waals surface area contributed by atoms with E-state index in [1.54, 1.807) is 24.3 Å². The van der Waals surface area contributed by atoms with Gasteiger partial charge >= 0.3 is 0 Å². The third kappa shape index (κ3) is 4.58. The van der Waals surface area contributed by atoms with Crippen molar-refractivity contribution in [3.63, 3.8) is 0 Å². The Bertz CT molecular complexity index is 1090. The number of carbonyl (C=O) groups is 2. The third-order valence-corrected chi connectivity index (χ3v) is 6.70. The monoisotopic (exact) mass is 451 g/mol. The topological polar surface area (TPSA) is 43.9 Å². The molecule has 5 nitrogen and oxygen atoms in total. The summed E-state index contributed by atoms with van der Waals surface area (Å²) in [5.74, 6) is -0.404. The van der Waals surface area contributed by atoms with Crippen LogP contribution in [0.15, 0.2) is 97.1 Å². The highest BCUT2D eigenvalue weighted by molar-refractivity contribution is 6.21. The summed E-state index contributed by atoms with van der Waals surface area (Å²) in [4.78, 5) is 31.3. The Morgan fingerprint density at radius 2 is 1.09 bits per heavy atom. The lowest BCUT2D eigenvalue weighted by atomic mass is 9.96. The molecule has 2 aliphatic rings. The van der Waals surface area contributed by atoms with Crippen molar-refractivity contribution < 1.29 is 9.59 Å². The quantitative estimate of drug-likeness (QED) is 0.398. The summed E-state index contributed by atoms with van der Waals surface area (Å²) in [6.07, 6.45) is 4.01. The first kappa shape index (κ1) is 22.3. The zero-order valence-electron chi connectivity index (χ0n) is 19.2. The second-order valence-corrected chi connectivity index (χ2v) is 8.80. The van der Waals surface area contributed by atoms with Crippen molar-refractivity contribution >= 4 is 11.8 Å². The highest BCUT2D eigenvalue weighted by Crippen LogP contribution is 2.29. The number of piperazine rings is 1. The molecular weight excluding hydrogens is 422 g/mol. The number of imide groups is 1. The Labute approximate surface area is 200 Å². The van der Waals surface area contributed by atoms with Gasteiger partial charge in [-0.05, 0) is 23.3 Å². The average Bonchev–Trinajstić information content (AvgIpc) is 3.14. The third-order valence-electron chi connectivity index (χ3n) is 6.70. The van der Waals surface area contributed by atoms with Crippen molar-refractivity contribution in [2.24, 2.45) is 0 Å². The Morgan fingerprint density at radius 1 is 0.618 bits per heavy atom. The number of fused-ring (bicyclic) bond motifs is 1. The molecule has 0 bridgehead atoms. The van der Waals surface area contributed by atoms with Crippen LogP contribution in [0.4, 0.5) is 0 Å². The molecule has 0 aromatic heterocycles. The zero-order chi connectivity index (χ0) is 23.3. The standard InChI is InChI=1S/C29H29N3O2/c33-28-25-15-7-8-16-26(25)29(34)32(28)18-10-9-17-30-19-21-31(22-20-30)27(23-11-3-1-4-12-23)24-13-5-2-6-14-24/h1-16,27H,17-22H2. The minimum Gasteiger partial charge on any atom is -0.297 e. The van der Waals surface area contributed by atoms with Crippen LogP contribution in [0.5, 0.6) is 0 Å². The van der Waals surface area contributed by atoms with E-state index in [1.165, 1.54) is 16.0 Å². The lowest BCUT2D eigenvalue weighted by Gasteiger charge is -2.39. The number of carbonyl (C=O) groups excluding carboxylic acids is 2. The Kier molecular flexibility index (Phi) is 6.65. The molecule has 0 unspecified atom stereocenters. The molecular formula is C29H29N3O2. The van der Waals surface area contributed by atoms with Gasteiger partial charge in [-0.3, -0.25) is 24.3 Å². The van der Waals surface area contributed by atoms with Crippen LogP contribution >= 0.6 is 0 Å². The molecule has 0 atom stereocenters. The highest BCUT2D eigenvalue weighted by Gasteiger charge is 2.34. The molecule has 5 rings (SSSR count). The van der Waals surface area contributed by atoms with E-state index < -0.39 is 0 Å². The number of hydrogen-bond donors (Lipinski definition) is 0. The maximum Gasteiger partial charge on any atom is 0.261 e. The summed E-state index contributed by atoms with van der Waals surface area (Å²) < 4.78 is 0. The first-order valence-electron chi connectivity index (χ1n) is 11.9. The van der Waals surface area contributed by atoms with Crippen LogP contribution < -0.4 is 0 Å².